The summed E-state index contributed by atoms with van der Waals surface area (Å²) in [6.07, 6.45) is 1.52. The van der Waals surface area contributed by atoms with Gasteiger partial charge in [0.05, 0.1) is 4.47 Å². The van der Waals surface area contributed by atoms with Crippen LogP contribution in [0.3, 0.4) is 0 Å². The Bertz CT molecular complexity index is 713. The van der Waals surface area contributed by atoms with E-state index in [1.807, 2.05) is 31.2 Å². The normalized spacial score (nSPS) is 10.9. The molecule has 1 aromatic carbocycles. The van der Waals surface area contributed by atoms with E-state index < -0.39 is 0 Å². The van der Waals surface area contributed by atoms with Crippen molar-refractivity contribution in [2.24, 2.45) is 0 Å². The summed E-state index contributed by atoms with van der Waals surface area (Å²) >= 11 is 4.87. The maximum Gasteiger partial charge on any atom is 0.263 e. The highest BCUT2D eigenvalue weighted by Gasteiger charge is 2.13. The molecule has 2 heterocycles. The van der Waals surface area contributed by atoms with Gasteiger partial charge in [-0.2, -0.15) is 0 Å². The summed E-state index contributed by atoms with van der Waals surface area (Å²) in [6, 6.07) is 7.67. The molecule has 1 N–H and O–H groups in total. The van der Waals surface area contributed by atoms with Crippen LogP contribution in [0.2, 0.25) is 0 Å². The molecule has 0 atom stereocenters. The first-order valence-electron chi connectivity index (χ1n) is 6.05. The number of hydrogen-bond donors (Lipinski definition) is 1. The van der Waals surface area contributed by atoms with Crippen LogP contribution in [-0.2, 0) is 0 Å². The Hall–Kier alpha value is -1.60. The maximum absolute atomic E-state index is 5.68. The summed E-state index contributed by atoms with van der Waals surface area (Å²) in [4.78, 5) is 12.9. The van der Waals surface area contributed by atoms with E-state index in [1.54, 1.807) is 0 Å². The minimum atomic E-state index is 0.563. The van der Waals surface area contributed by atoms with Crippen LogP contribution < -0.4 is 5.32 Å². The van der Waals surface area contributed by atoms with Crippen molar-refractivity contribution in [3.05, 3.63) is 35.1 Å². The molecule has 0 saturated heterocycles. The van der Waals surface area contributed by atoms with Crippen LogP contribution in [0.15, 0.2) is 49.7 Å². The highest BCUT2D eigenvalue weighted by atomic mass is 79.9. The minimum absolute atomic E-state index is 0.563. The number of halogens is 1. The van der Waals surface area contributed by atoms with E-state index in [9.17, 15) is 0 Å². The predicted molar refractivity (Wildman–Crippen MR) is 82.0 cm³/mol. The molecule has 0 aliphatic carbocycles. The van der Waals surface area contributed by atoms with Gasteiger partial charge in [-0.15, -0.1) is 0 Å². The van der Waals surface area contributed by atoms with Gasteiger partial charge in [0, 0.05) is 6.54 Å². The molecule has 3 aromatic rings. The van der Waals surface area contributed by atoms with Crippen LogP contribution in [0, 0.1) is 0 Å². The van der Waals surface area contributed by atoms with E-state index in [4.69, 9.17) is 4.42 Å². The maximum atomic E-state index is 5.68. The zero-order chi connectivity index (χ0) is 13.9. The van der Waals surface area contributed by atoms with E-state index in [2.05, 4.69) is 36.2 Å². The number of anilines is 1. The van der Waals surface area contributed by atoms with Crippen LogP contribution in [-0.4, -0.2) is 21.5 Å². The summed E-state index contributed by atoms with van der Waals surface area (Å²) in [7, 11) is 0. The second-order valence-electron chi connectivity index (χ2n) is 3.92. The van der Waals surface area contributed by atoms with Gasteiger partial charge in [0.1, 0.15) is 22.7 Å². The third-order valence-corrected chi connectivity index (χ3v) is 4.43. The molecule has 2 aromatic heterocycles. The molecule has 0 fully saturated rings. The van der Waals surface area contributed by atoms with Crippen LogP contribution in [0.1, 0.15) is 6.92 Å². The molecule has 0 spiro atoms. The second-order valence-corrected chi connectivity index (χ2v) is 5.65. The first-order chi connectivity index (χ1) is 9.78. The molecule has 0 aliphatic heterocycles. The number of nitrogens with zero attached hydrogens (tertiary/aromatic N) is 3. The molecular formula is C13H11BrN4OS. The van der Waals surface area contributed by atoms with Gasteiger partial charge in [0.15, 0.2) is 5.58 Å². The number of nitrogens with one attached hydrogen (secondary N) is 1. The van der Waals surface area contributed by atoms with Crippen LogP contribution in [0.4, 0.5) is 5.82 Å². The largest absolute Gasteiger partial charge is 0.431 e. The fourth-order valence-electron chi connectivity index (χ4n) is 1.69. The highest BCUT2D eigenvalue weighted by molar-refractivity contribution is 9.10. The third-order valence-electron chi connectivity index (χ3n) is 2.56. The fraction of sp³-hybridized carbons (Fsp3) is 0.154. The van der Waals surface area contributed by atoms with Gasteiger partial charge in [0.2, 0.25) is 0 Å². The molecule has 0 saturated carbocycles. The Morgan fingerprint density at radius 3 is 2.95 bits per heavy atom. The van der Waals surface area contributed by atoms with E-state index in [1.165, 1.54) is 18.1 Å². The second kappa shape index (κ2) is 5.80. The Morgan fingerprint density at radius 2 is 2.15 bits per heavy atom. The van der Waals surface area contributed by atoms with Crippen LogP contribution >= 0.6 is 27.7 Å². The van der Waals surface area contributed by atoms with Crippen molar-refractivity contribution in [2.45, 2.75) is 17.2 Å². The standard InChI is InChI=1S/C13H11BrN4OS/c1-2-15-11-10(14)12(17-7-16-11)20-13-18-8-5-3-4-6-9(8)19-13/h3-7H,2H2,1H3,(H,15,16,17). The first-order valence-corrected chi connectivity index (χ1v) is 7.66. The molecule has 0 bridgehead atoms. The van der Waals surface area contributed by atoms with Gasteiger partial charge >= 0.3 is 0 Å². The lowest BCUT2D eigenvalue weighted by atomic mass is 10.3. The van der Waals surface area contributed by atoms with Crippen molar-refractivity contribution in [1.29, 1.82) is 0 Å². The number of rotatable bonds is 4. The predicted octanol–water partition coefficient (Wildman–Crippen LogP) is 3.96. The number of aromatic nitrogens is 3. The zero-order valence-electron chi connectivity index (χ0n) is 10.6. The van der Waals surface area contributed by atoms with Crippen molar-refractivity contribution in [2.75, 3.05) is 11.9 Å². The average molecular weight is 351 g/mol. The summed E-state index contributed by atoms with van der Waals surface area (Å²) in [5.74, 6) is 0.765. The first kappa shape index (κ1) is 13.4. The van der Waals surface area contributed by atoms with Crippen LogP contribution in [0.5, 0.6) is 0 Å². The summed E-state index contributed by atoms with van der Waals surface area (Å²) < 4.78 is 6.49. The topological polar surface area (TPSA) is 63.8 Å². The molecule has 0 unspecified atom stereocenters. The van der Waals surface area contributed by atoms with Gasteiger partial charge in [0.25, 0.3) is 5.22 Å². The van der Waals surface area contributed by atoms with Gasteiger partial charge in [-0.3, -0.25) is 0 Å². The number of para-hydroxylation sites is 2. The molecule has 5 nitrogen and oxygen atoms in total. The quantitative estimate of drug-likeness (QED) is 0.718. The van der Waals surface area contributed by atoms with Gasteiger partial charge < -0.3 is 9.73 Å². The molecule has 102 valence electrons. The Labute approximate surface area is 128 Å². The highest BCUT2D eigenvalue weighted by Crippen LogP contribution is 2.35. The number of hydrogen-bond acceptors (Lipinski definition) is 6. The molecule has 0 aliphatic rings. The van der Waals surface area contributed by atoms with Crippen molar-refractivity contribution in [1.82, 2.24) is 15.0 Å². The molecular weight excluding hydrogens is 340 g/mol. The van der Waals surface area contributed by atoms with Gasteiger partial charge in [-0.25, -0.2) is 15.0 Å². The monoisotopic (exact) mass is 350 g/mol. The lowest BCUT2D eigenvalue weighted by Gasteiger charge is -2.06. The smallest absolute Gasteiger partial charge is 0.263 e. The van der Waals surface area contributed by atoms with Crippen molar-refractivity contribution in [3.63, 3.8) is 0 Å². The van der Waals surface area contributed by atoms with E-state index in [0.29, 0.717) is 5.22 Å². The third kappa shape index (κ3) is 2.64. The molecule has 3 rings (SSSR count). The Morgan fingerprint density at radius 1 is 1.30 bits per heavy atom. The molecule has 7 heteroatoms. The molecule has 0 radical (unpaired) electrons. The Balaban J connectivity index is 1.92. The summed E-state index contributed by atoms with van der Waals surface area (Å²) in [6.45, 7) is 2.81. The molecule has 0 amide bonds. The Kier molecular flexibility index (Phi) is 3.88. The van der Waals surface area contributed by atoms with E-state index >= 15 is 0 Å². The SMILES string of the molecule is CCNc1ncnc(Sc2nc3ccccc3o2)c1Br. The average Bonchev–Trinajstić information content (AvgIpc) is 2.86. The summed E-state index contributed by atoms with van der Waals surface area (Å²) in [5, 5.41) is 4.50. The lowest BCUT2D eigenvalue weighted by Crippen LogP contribution is -2.01. The van der Waals surface area contributed by atoms with Crippen molar-refractivity contribution >= 4 is 44.6 Å². The van der Waals surface area contributed by atoms with Gasteiger partial charge in [-0.1, -0.05) is 12.1 Å². The van der Waals surface area contributed by atoms with Crippen LogP contribution in [0.25, 0.3) is 11.1 Å². The lowest BCUT2D eigenvalue weighted by molar-refractivity contribution is 0.489. The van der Waals surface area contributed by atoms with Crippen molar-refractivity contribution < 1.29 is 4.42 Å². The number of benzene rings is 1. The van der Waals surface area contributed by atoms with Crippen molar-refractivity contribution in [3.8, 4) is 0 Å². The zero-order valence-corrected chi connectivity index (χ0v) is 13.0. The number of fused-ring (bicyclic) bond motifs is 1. The molecule has 20 heavy (non-hydrogen) atoms. The fourth-order valence-corrected chi connectivity index (χ4v) is 3.01. The summed E-state index contributed by atoms with van der Waals surface area (Å²) in [5.41, 5.74) is 1.61. The van der Waals surface area contributed by atoms with E-state index in [-0.39, 0.29) is 0 Å². The number of oxazole rings is 1. The minimum Gasteiger partial charge on any atom is -0.431 e. The van der Waals surface area contributed by atoms with Gasteiger partial charge in [-0.05, 0) is 46.7 Å². The van der Waals surface area contributed by atoms with E-state index in [0.717, 1.165) is 33.0 Å².